The first-order chi connectivity index (χ1) is 17.7. The van der Waals surface area contributed by atoms with Crippen molar-refractivity contribution in [1.82, 2.24) is 29.8 Å². The van der Waals surface area contributed by atoms with E-state index in [2.05, 4.69) is 15.5 Å². The molecule has 2 atom stereocenters. The van der Waals surface area contributed by atoms with Gasteiger partial charge in [-0.3, -0.25) is 9.30 Å². The van der Waals surface area contributed by atoms with E-state index in [1.807, 2.05) is 38.1 Å². The van der Waals surface area contributed by atoms with Crippen molar-refractivity contribution in [2.75, 3.05) is 26.3 Å². The number of ether oxygens (including phenoxy) is 1. The quantitative estimate of drug-likeness (QED) is 0.262. The number of nitrogens with zero attached hydrogens (tertiary/aromatic N) is 5. The Bertz CT molecular complexity index is 1400. The number of rotatable bonds is 8. The highest BCUT2D eigenvalue weighted by Gasteiger charge is 2.46. The maximum Gasteiger partial charge on any atom is 0.408 e. The topological polar surface area (TPSA) is 67.6 Å². The molecule has 0 spiro atoms. The lowest BCUT2D eigenvalue weighted by molar-refractivity contribution is -0.184. The van der Waals surface area contributed by atoms with Crippen molar-refractivity contribution in [2.24, 2.45) is 0 Å². The molecule has 1 fully saturated rings. The fourth-order valence-corrected chi connectivity index (χ4v) is 4.89. The molecule has 3 aromatic heterocycles. The third-order valence-electron chi connectivity index (χ3n) is 6.44. The average molecular weight is 589 g/mol. The summed E-state index contributed by atoms with van der Waals surface area (Å²) >= 11 is 0. The number of hydrogen-bond donors (Lipinski definition) is 1. The highest BCUT2D eigenvalue weighted by molar-refractivity contribution is 5.86. The molecule has 5 rings (SSSR count). The second kappa shape index (κ2) is 12.6. The summed E-state index contributed by atoms with van der Waals surface area (Å²) in [5.41, 5.74) is 1.60. The molecule has 1 aliphatic rings. The fourth-order valence-electron chi connectivity index (χ4n) is 4.89. The Kier molecular flexibility index (Phi) is 9.98. The summed E-state index contributed by atoms with van der Waals surface area (Å²) in [6, 6.07) is 10.3. The van der Waals surface area contributed by atoms with Gasteiger partial charge in [0.25, 0.3) is 0 Å². The van der Waals surface area contributed by atoms with Crippen molar-refractivity contribution in [2.45, 2.75) is 44.6 Å². The number of aromatic nitrogens is 4. The molecule has 1 aliphatic heterocycles. The van der Waals surface area contributed by atoms with Crippen molar-refractivity contribution in [3.05, 3.63) is 54.2 Å². The van der Waals surface area contributed by atoms with Gasteiger partial charge in [0.15, 0.2) is 11.5 Å². The van der Waals surface area contributed by atoms with Crippen molar-refractivity contribution < 1.29 is 22.3 Å². The molecule has 0 bridgehead atoms. The van der Waals surface area contributed by atoms with Crippen LogP contribution in [0.1, 0.15) is 31.9 Å². The molecule has 0 aliphatic carbocycles. The molecule has 1 saturated heterocycles. The van der Waals surface area contributed by atoms with E-state index in [4.69, 9.17) is 9.72 Å². The molecular weight excluding hydrogens is 559 g/mol. The molecule has 13 heteroatoms. The average Bonchev–Trinajstić information content (AvgIpc) is 3.48. The SMILES string of the molecule is CC(C)Oc1cccc2ccc(-c3nnc4ccc([C@@H](N5CC[C@H](NCCF)C5)C(F)(F)F)cn34)nc12.Cl.Cl. The minimum Gasteiger partial charge on any atom is -0.489 e. The number of halogens is 6. The Morgan fingerprint density at radius 3 is 2.59 bits per heavy atom. The van der Waals surface area contributed by atoms with Gasteiger partial charge in [0.05, 0.1) is 6.10 Å². The van der Waals surface area contributed by atoms with E-state index in [0.29, 0.717) is 34.9 Å². The van der Waals surface area contributed by atoms with Crippen LogP contribution in [0.5, 0.6) is 5.75 Å². The van der Waals surface area contributed by atoms with E-state index in [0.717, 1.165) is 5.39 Å². The zero-order chi connectivity index (χ0) is 26.2. The van der Waals surface area contributed by atoms with Crippen molar-refractivity contribution in [1.29, 1.82) is 0 Å². The van der Waals surface area contributed by atoms with Crippen LogP contribution in [0.4, 0.5) is 17.6 Å². The molecule has 39 heavy (non-hydrogen) atoms. The molecule has 4 aromatic rings. The van der Waals surface area contributed by atoms with Crippen LogP contribution in [0.25, 0.3) is 28.1 Å². The first-order valence-corrected chi connectivity index (χ1v) is 12.3. The maximum atomic E-state index is 14.3. The maximum absolute atomic E-state index is 14.3. The first-order valence-electron chi connectivity index (χ1n) is 12.3. The van der Waals surface area contributed by atoms with Crippen molar-refractivity contribution >= 4 is 41.4 Å². The van der Waals surface area contributed by atoms with Gasteiger partial charge in [-0.05, 0) is 44.0 Å². The predicted molar refractivity (Wildman–Crippen MR) is 147 cm³/mol. The molecular formula is C26H30Cl2F4N6O. The van der Waals surface area contributed by atoms with Gasteiger partial charge in [-0.25, -0.2) is 9.37 Å². The number of likely N-dealkylation sites (tertiary alicyclic amines) is 1. The first kappa shape index (κ1) is 30.8. The zero-order valence-corrected chi connectivity index (χ0v) is 23.0. The van der Waals surface area contributed by atoms with Gasteiger partial charge in [-0.1, -0.05) is 24.3 Å². The predicted octanol–water partition coefficient (Wildman–Crippen LogP) is 5.81. The normalized spacial score (nSPS) is 16.8. The van der Waals surface area contributed by atoms with Crippen molar-refractivity contribution in [3.8, 4) is 17.3 Å². The monoisotopic (exact) mass is 588 g/mol. The van der Waals surface area contributed by atoms with Gasteiger partial charge < -0.3 is 10.1 Å². The van der Waals surface area contributed by atoms with Gasteiger partial charge in [0, 0.05) is 37.3 Å². The zero-order valence-electron chi connectivity index (χ0n) is 21.4. The number of benzene rings is 1. The van der Waals surface area contributed by atoms with E-state index in [9.17, 15) is 17.6 Å². The van der Waals surface area contributed by atoms with Crippen molar-refractivity contribution in [3.63, 3.8) is 0 Å². The molecule has 0 saturated carbocycles. The second-order valence-electron chi connectivity index (χ2n) is 9.47. The van der Waals surface area contributed by atoms with Gasteiger partial charge in [0.1, 0.15) is 29.7 Å². The van der Waals surface area contributed by atoms with Gasteiger partial charge in [-0.2, -0.15) is 13.2 Å². The van der Waals surface area contributed by atoms with Gasteiger partial charge >= 0.3 is 6.18 Å². The van der Waals surface area contributed by atoms with Crippen LogP contribution in [0.15, 0.2) is 48.7 Å². The van der Waals surface area contributed by atoms with Crippen LogP contribution < -0.4 is 10.1 Å². The summed E-state index contributed by atoms with van der Waals surface area (Å²) in [4.78, 5) is 6.13. The minimum absolute atomic E-state index is 0. The standard InChI is InChI=1S/C26H28F4N6O.2ClH/c1-16(2)37-21-5-3-4-17-6-8-20(32-23(17)21)25-34-33-22-9-7-18(14-36(22)25)24(26(28,29)30)35-13-10-19(15-35)31-12-11-27;;/h3-9,14,16,19,24,31H,10-13,15H2,1-2H3;2*1H/t19-,24+;;/m0../s1. The van der Waals surface area contributed by atoms with E-state index < -0.39 is 18.9 Å². The van der Waals surface area contributed by atoms with Gasteiger partial charge in [0.2, 0.25) is 0 Å². The smallest absolute Gasteiger partial charge is 0.408 e. The fraction of sp³-hybridized carbons (Fsp3) is 0.423. The molecule has 4 heterocycles. The number of para-hydroxylation sites is 1. The van der Waals surface area contributed by atoms with Crippen LogP contribution >= 0.6 is 24.8 Å². The Hall–Kier alpha value is -2.73. The molecule has 0 amide bonds. The molecule has 212 valence electrons. The molecule has 0 unspecified atom stereocenters. The third kappa shape index (κ3) is 6.54. The highest BCUT2D eigenvalue weighted by Crippen LogP contribution is 2.40. The second-order valence-corrected chi connectivity index (χ2v) is 9.47. The lowest BCUT2D eigenvalue weighted by Crippen LogP contribution is -2.40. The summed E-state index contributed by atoms with van der Waals surface area (Å²) < 4.78 is 62.9. The molecule has 7 nitrogen and oxygen atoms in total. The van der Waals surface area contributed by atoms with Crippen LogP contribution in [-0.4, -0.2) is 69.1 Å². The largest absolute Gasteiger partial charge is 0.489 e. The van der Waals surface area contributed by atoms with Crippen LogP contribution in [-0.2, 0) is 0 Å². The van der Waals surface area contributed by atoms with E-state index in [-0.39, 0.29) is 62.2 Å². The number of hydrogen-bond acceptors (Lipinski definition) is 6. The Balaban J connectivity index is 0.00000210. The van der Waals surface area contributed by atoms with E-state index in [1.165, 1.54) is 23.2 Å². The number of nitrogens with one attached hydrogen (secondary N) is 1. The van der Waals surface area contributed by atoms with Gasteiger partial charge in [-0.15, -0.1) is 35.0 Å². The summed E-state index contributed by atoms with van der Waals surface area (Å²) in [5, 5.41) is 12.2. The molecule has 1 aromatic carbocycles. The molecule has 0 radical (unpaired) electrons. The lowest BCUT2D eigenvalue weighted by atomic mass is 10.1. The third-order valence-corrected chi connectivity index (χ3v) is 6.44. The minimum atomic E-state index is -4.50. The van der Waals surface area contributed by atoms with Crippen LogP contribution in [0, 0.1) is 0 Å². The number of alkyl halides is 4. The summed E-state index contributed by atoms with van der Waals surface area (Å²) in [6.45, 7) is 3.86. The lowest BCUT2D eigenvalue weighted by Gasteiger charge is -2.30. The number of fused-ring (bicyclic) bond motifs is 2. The summed E-state index contributed by atoms with van der Waals surface area (Å²) in [6.07, 6.45) is -2.59. The van der Waals surface area contributed by atoms with E-state index in [1.54, 1.807) is 10.5 Å². The Morgan fingerprint density at radius 2 is 1.87 bits per heavy atom. The summed E-state index contributed by atoms with van der Waals surface area (Å²) in [5.74, 6) is 0.953. The Morgan fingerprint density at radius 1 is 1.08 bits per heavy atom. The highest BCUT2D eigenvalue weighted by atomic mass is 35.5. The Labute approximate surface area is 235 Å². The number of pyridine rings is 2. The summed E-state index contributed by atoms with van der Waals surface area (Å²) in [7, 11) is 0. The van der Waals surface area contributed by atoms with E-state index >= 15 is 0 Å². The van der Waals surface area contributed by atoms with Crippen LogP contribution in [0.2, 0.25) is 0 Å². The molecule has 1 N–H and O–H groups in total. The van der Waals surface area contributed by atoms with Crippen LogP contribution in [0.3, 0.4) is 0 Å².